The molecule has 0 radical (unpaired) electrons. The molecule has 0 saturated heterocycles. The van der Waals surface area contributed by atoms with Crippen molar-refractivity contribution in [1.29, 1.82) is 0 Å². The molecule has 1 aliphatic carbocycles. The van der Waals surface area contributed by atoms with E-state index in [4.69, 9.17) is 4.74 Å². The molecule has 41 heavy (non-hydrogen) atoms. The van der Waals surface area contributed by atoms with Crippen LogP contribution in [0.1, 0.15) is 110 Å². The number of ether oxygens (including phenoxy) is 1. The van der Waals surface area contributed by atoms with Crippen LogP contribution < -0.4 is 11.0 Å². The van der Waals surface area contributed by atoms with Gasteiger partial charge in [-0.05, 0) is 6.42 Å². The van der Waals surface area contributed by atoms with E-state index < -0.39 is 69.7 Å². The summed E-state index contributed by atoms with van der Waals surface area (Å²) in [6.45, 7) is 0.897. The Hall–Kier alpha value is -0.700. The number of hydrogen-bond acceptors (Lipinski definition) is 12. The molecular formula is C27H56NO12P. The largest absolute Gasteiger partial charge is 0.756 e. The first-order valence-corrected chi connectivity index (χ1v) is 16.3. The molecule has 0 spiro atoms. The molecule has 0 heterocycles. The monoisotopic (exact) mass is 617 g/mol. The zero-order valence-electron chi connectivity index (χ0n) is 24.8. The lowest BCUT2D eigenvalue weighted by Crippen LogP contribution is -2.64. The summed E-state index contributed by atoms with van der Waals surface area (Å²) in [6.07, 6.45) is 4.90. The highest BCUT2D eigenvalue weighted by atomic mass is 31.2. The highest BCUT2D eigenvalue weighted by molar-refractivity contribution is 7.45. The molecule has 0 aromatic heterocycles. The fourth-order valence-corrected chi connectivity index (χ4v) is 5.59. The van der Waals surface area contributed by atoms with Gasteiger partial charge in [0.2, 0.25) is 0 Å². The smallest absolute Gasteiger partial charge is 0.305 e. The molecule has 1 fully saturated rings. The number of phosphoric acid groups is 1. The summed E-state index contributed by atoms with van der Waals surface area (Å²) in [6, 6.07) is 0. The van der Waals surface area contributed by atoms with Crippen molar-refractivity contribution in [3.63, 3.8) is 0 Å². The lowest BCUT2D eigenvalue weighted by atomic mass is 9.85. The lowest BCUT2D eigenvalue weighted by molar-refractivity contribution is -0.261. The van der Waals surface area contributed by atoms with Crippen molar-refractivity contribution in [2.45, 2.75) is 152 Å². The maximum Gasteiger partial charge on any atom is 0.305 e. The fourth-order valence-electron chi connectivity index (χ4n) is 4.63. The van der Waals surface area contributed by atoms with Gasteiger partial charge in [-0.2, -0.15) is 0 Å². The van der Waals surface area contributed by atoms with Crippen LogP contribution in [0.25, 0.3) is 0 Å². The van der Waals surface area contributed by atoms with E-state index in [-0.39, 0.29) is 12.6 Å². The number of esters is 1. The van der Waals surface area contributed by atoms with Crippen molar-refractivity contribution < 1.29 is 58.7 Å². The Labute approximate surface area is 244 Å². The Bertz CT molecular complexity index is 702. The zero-order valence-corrected chi connectivity index (χ0v) is 25.7. The molecule has 3 unspecified atom stereocenters. The van der Waals surface area contributed by atoms with Crippen LogP contribution in [0.2, 0.25) is 0 Å². The molecule has 8 atom stereocenters. The molecule has 1 rings (SSSR count). The SMILES string of the molecule is CCCCCCCCCCCCCCCCCC(=O)OC[C@@H](O)COP(=O)([O-])OC1[C@H](O)[C@H](O)C(O)[C@H](O)[C@H]1O.[NH4+]. The molecule has 14 heteroatoms. The Morgan fingerprint density at radius 2 is 1.10 bits per heavy atom. The predicted molar refractivity (Wildman–Crippen MR) is 151 cm³/mol. The molecule has 0 aliphatic heterocycles. The topological polar surface area (TPSA) is 243 Å². The molecule has 0 aromatic carbocycles. The number of aliphatic hydroxyl groups is 6. The van der Waals surface area contributed by atoms with E-state index in [1.807, 2.05) is 0 Å². The summed E-state index contributed by atoms with van der Waals surface area (Å²) >= 11 is 0. The summed E-state index contributed by atoms with van der Waals surface area (Å²) in [7, 11) is -5.23. The van der Waals surface area contributed by atoms with Crippen molar-refractivity contribution in [3.05, 3.63) is 0 Å². The zero-order chi connectivity index (χ0) is 30.0. The number of unbranched alkanes of at least 4 members (excludes halogenated alkanes) is 14. The maximum atomic E-state index is 12.0. The highest BCUT2D eigenvalue weighted by Gasteiger charge is 2.50. The summed E-state index contributed by atoms with van der Waals surface area (Å²) in [5, 5.41) is 58.4. The van der Waals surface area contributed by atoms with E-state index in [1.54, 1.807) is 0 Å². The summed E-state index contributed by atoms with van der Waals surface area (Å²) in [4.78, 5) is 23.9. The van der Waals surface area contributed by atoms with Crippen molar-refractivity contribution in [3.8, 4) is 0 Å². The standard InChI is InChI=1S/C27H53O12P.H3N/c1-2-3-4-5-6-7-8-9-10-11-12-13-14-15-16-17-21(29)37-18-20(28)19-38-40(35,36)39-27-25(33)23(31)22(30)24(32)26(27)34;/h20,22-28,30-34H,2-19H2,1H3,(H,35,36);1H3/t20-,22?,23-,24+,25-,26-,27?;/m1./s1. The molecule has 13 nitrogen and oxygen atoms in total. The van der Waals surface area contributed by atoms with Gasteiger partial charge in [-0.25, -0.2) is 0 Å². The first-order valence-electron chi connectivity index (χ1n) is 14.9. The summed E-state index contributed by atoms with van der Waals surface area (Å²) < 4.78 is 26.0. The third-order valence-corrected chi connectivity index (χ3v) is 8.14. The average Bonchev–Trinajstić information content (AvgIpc) is 2.93. The number of carbonyl (C=O) groups is 1. The van der Waals surface area contributed by atoms with E-state index in [9.17, 15) is 44.9 Å². The van der Waals surface area contributed by atoms with Crippen LogP contribution in [0.15, 0.2) is 0 Å². The van der Waals surface area contributed by atoms with Crippen LogP contribution in [-0.4, -0.2) is 92.5 Å². The van der Waals surface area contributed by atoms with Gasteiger partial charge in [0.25, 0.3) is 7.82 Å². The quantitative estimate of drug-likeness (QED) is 0.0496. The van der Waals surface area contributed by atoms with Gasteiger partial charge in [0, 0.05) is 6.42 Å². The van der Waals surface area contributed by atoms with E-state index in [2.05, 4.69) is 16.0 Å². The molecule has 246 valence electrons. The number of phosphoric ester groups is 1. The van der Waals surface area contributed by atoms with E-state index in [0.717, 1.165) is 19.3 Å². The Balaban J connectivity index is 0.0000160. The first-order chi connectivity index (χ1) is 19.0. The second kappa shape index (κ2) is 22.8. The lowest BCUT2D eigenvalue weighted by Gasteiger charge is -2.43. The molecule has 0 amide bonds. The minimum Gasteiger partial charge on any atom is -0.756 e. The number of aliphatic hydroxyl groups excluding tert-OH is 6. The van der Waals surface area contributed by atoms with Crippen LogP contribution in [0.4, 0.5) is 0 Å². The average molecular weight is 618 g/mol. The second-order valence-electron chi connectivity index (χ2n) is 10.8. The Morgan fingerprint density at radius 1 is 0.707 bits per heavy atom. The van der Waals surface area contributed by atoms with Crippen molar-refractivity contribution in [2.75, 3.05) is 13.2 Å². The van der Waals surface area contributed by atoms with Crippen LogP contribution in [0.3, 0.4) is 0 Å². The molecule has 0 aromatic rings. The van der Waals surface area contributed by atoms with Gasteiger partial charge in [0.1, 0.15) is 49.3 Å². The predicted octanol–water partition coefficient (Wildman–Crippen LogP) is 2.22. The summed E-state index contributed by atoms with van der Waals surface area (Å²) in [5.74, 6) is -0.523. The Morgan fingerprint density at radius 3 is 1.54 bits per heavy atom. The van der Waals surface area contributed by atoms with Crippen molar-refractivity contribution in [1.82, 2.24) is 6.15 Å². The number of hydrogen-bond donors (Lipinski definition) is 7. The van der Waals surface area contributed by atoms with Gasteiger partial charge >= 0.3 is 5.97 Å². The van der Waals surface area contributed by atoms with Crippen molar-refractivity contribution >= 4 is 13.8 Å². The van der Waals surface area contributed by atoms with Crippen LogP contribution >= 0.6 is 7.82 Å². The van der Waals surface area contributed by atoms with E-state index in [1.165, 1.54) is 70.6 Å². The normalized spacial score (nSPS) is 26.6. The van der Waals surface area contributed by atoms with Crippen LogP contribution in [0, 0.1) is 0 Å². The highest BCUT2D eigenvalue weighted by Crippen LogP contribution is 2.43. The summed E-state index contributed by atoms with van der Waals surface area (Å²) in [5.41, 5.74) is 0. The van der Waals surface area contributed by atoms with Crippen LogP contribution in [0.5, 0.6) is 0 Å². The number of quaternary nitrogens is 1. The van der Waals surface area contributed by atoms with E-state index >= 15 is 0 Å². The minimum absolute atomic E-state index is 0. The molecule has 1 aliphatic rings. The third-order valence-electron chi connectivity index (χ3n) is 7.17. The molecular weight excluding hydrogens is 561 g/mol. The minimum atomic E-state index is -5.23. The van der Waals surface area contributed by atoms with Crippen LogP contribution in [-0.2, 0) is 23.1 Å². The fraction of sp³-hybridized carbons (Fsp3) is 0.963. The first kappa shape index (κ1) is 40.3. The van der Waals surface area contributed by atoms with Gasteiger partial charge in [0.05, 0.1) is 6.61 Å². The number of carbonyl (C=O) groups excluding carboxylic acids is 1. The molecule has 1 saturated carbocycles. The van der Waals surface area contributed by atoms with Gasteiger partial charge in [-0.15, -0.1) is 0 Å². The molecule has 10 N–H and O–H groups in total. The third kappa shape index (κ3) is 17.3. The van der Waals surface area contributed by atoms with E-state index in [0.29, 0.717) is 6.42 Å². The number of rotatable bonds is 23. The maximum absolute atomic E-state index is 12.0. The van der Waals surface area contributed by atoms with Gasteiger partial charge < -0.3 is 55.5 Å². The van der Waals surface area contributed by atoms with Gasteiger partial charge in [0.15, 0.2) is 0 Å². The van der Waals surface area contributed by atoms with Crippen molar-refractivity contribution in [2.24, 2.45) is 0 Å². The van der Waals surface area contributed by atoms with Gasteiger partial charge in [-0.3, -0.25) is 9.36 Å². The van der Waals surface area contributed by atoms with Gasteiger partial charge in [-0.1, -0.05) is 96.8 Å². The molecule has 0 bridgehead atoms. The Kier molecular flexibility index (Phi) is 22.4. The second-order valence-corrected chi connectivity index (χ2v) is 12.2.